The van der Waals surface area contributed by atoms with Crippen LogP contribution in [0.2, 0.25) is 0 Å². The fourth-order valence-electron chi connectivity index (χ4n) is 3.52. The van der Waals surface area contributed by atoms with Crippen LogP contribution in [0.3, 0.4) is 0 Å². The van der Waals surface area contributed by atoms with Crippen LogP contribution >= 0.6 is 0 Å². The molecule has 2 heterocycles. The minimum Gasteiger partial charge on any atom is -0.494 e. The number of carbonyl (C=O) groups excluding carboxylic acids is 2. The van der Waals surface area contributed by atoms with E-state index in [4.69, 9.17) is 14.2 Å². The summed E-state index contributed by atoms with van der Waals surface area (Å²) in [5, 5.41) is 0. The Labute approximate surface area is 169 Å². The maximum Gasteiger partial charge on any atom is 0.267 e. The summed E-state index contributed by atoms with van der Waals surface area (Å²) in [6.07, 6.45) is -0.654. The zero-order valence-electron chi connectivity index (χ0n) is 16.4. The molecule has 2 aliphatic heterocycles. The summed E-state index contributed by atoms with van der Waals surface area (Å²) in [5.41, 5.74) is 0.619. The van der Waals surface area contributed by atoms with Gasteiger partial charge in [-0.1, -0.05) is 12.1 Å². The van der Waals surface area contributed by atoms with Crippen molar-refractivity contribution in [1.29, 1.82) is 0 Å². The zero-order chi connectivity index (χ0) is 20.2. The third-order valence-electron chi connectivity index (χ3n) is 5.07. The molecule has 2 aliphatic rings. The number of hydrogen-bond acceptors (Lipinski definition) is 5. The third-order valence-corrected chi connectivity index (χ3v) is 5.07. The summed E-state index contributed by atoms with van der Waals surface area (Å²) in [4.78, 5) is 29.0. The average Bonchev–Trinajstić information content (AvgIpc) is 2.78. The van der Waals surface area contributed by atoms with Crippen molar-refractivity contribution < 1.29 is 23.8 Å². The minimum atomic E-state index is -0.654. The van der Waals surface area contributed by atoms with Gasteiger partial charge in [0.1, 0.15) is 12.4 Å². The van der Waals surface area contributed by atoms with E-state index in [0.717, 1.165) is 5.75 Å². The Kier molecular flexibility index (Phi) is 5.55. The molecule has 2 aromatic carbocycles. The maximum absolute atomic E-state index is 12.8. The first-order valence-electron chi connectivity index (χ1n) is 9.85. The van der Waals surface area contributed by atoms with E-state index in [1.54, 1.807) is 40.1 Å². The molecule has 29 heavy (non-hydrogen) atoms. The number of amides is 2. The Bertz CT molecular complexity index is 875. The molecule has 152 valence electrons. The molecule has 0 bridgehead atoms. The monoisotopic (exact) mass is 396 g/mol. The van der Waals surface area contributed by atoms with Crippen LogP contribution in [0.4, 0.5) is 0 Å². The lowest BCUT2D eigenvalue weighted by atomic mass is 10.1. The standard InChI is InChI=1S/C22H24N2O5/c1-2-27-17-9-7-16(8-10-17)21(25)23-11-13-24(14-12-23)22(26)20-15-28-18-5-3-4-6-19(18)29-20/h3-10,20H,2,11-15H2,1H3/t20-/m1/s1. The fourth-order valence-corrected chi connectivity index (χ4v) is 3.52. The Hall–Kier alpha value is -3.22. The number of ether oxygens (including phenoxy) is 3. The molecule has 0 radical (unpaired) electrons. The van der Waals surface area contributed by atoms with Crippen molar-refractivity contribution in [3.8, 4) is 17.2 Å². The molecule has 4 rings (SSSR count). The number of nitrogens with zero attached hydrogens (tertiary/aromatic N) is 2. The van der Waals surface area contributed by atoms with E-state index >= 15 is 0 Å². The van der Waals surface area contributed by atoms with Gasteiger partial charge in [0.2, 0.25) is 6.10 Å². The molecule has 0 N–H and O–H groups in total. The topological polar surface area (TPSA) is 68.3 Å². The summed E-state index contributed by atoms with van der Waals surface area (Å²) in [6.45, 7) is 4.63. The second-order valence-corrected chi connectivity index (χ2v) is 6.94. The van der Waals surface area contributed by atoms with Gasteiger partial charge in [0.05, 0.1) is 6.61 Å². The highest BCUT2D eigenvalue weighted by Gasteiger charge is 2.33. The zero-order valence-corrected chi connectivity index (χ0v) is 16.4. The van der Waals surface area contributed by atoms with Crippen LogP contribution in [-0.2, 0) is 4.79 Å². The number of benzene rings is 2. The maximum atomic E-state index is 12.8. The predicted octanol–water partition coefficient (Wildman–Crippen LogP) is 2.21. The van der Waals surface area contributed by atoms with E-state index in [1.165, 1.54) is 0 Å². The van der Waals surface area contributed by atoms with Gasteiger partial charge in [-0.25, -0.2) is 0 Å². The summed E-state index contributed by atoms with van der Waals surface area (Å²) >= 11 is 0. The number of hydrogen-bond donors (Lipinski definition) is 0. The molecule has 1 fully saturated rings. The second-order valence-electron chi connectivity index (χ2n) is 6.94. The van der Waals surface area contributed by atoms with E-state index in [2.05, 4.69) is 0 Å². The number of carbonyl (C=O) groups is 2. The smallest absolute Gasteiger partial charge is 0.267 e. The summed E-state index contributed by atoms with van der Waals surface area (Å²) in [5.74, 6) is 1.85. The van der Waals surface area contributed by atoms with Crippen LogP contribution in [0.15, 0.2) is 48.5 Å². The Morgan fingerprint density at radius 3 is 2.31 bits per heavy atom. The highest BCUT2D eigenvalue weighted by atomic mass is 16.6. The predicted molar refractivity (Wildman–Crippen MR) is 106 cm³/mol. The van der Waals surface area contributed by atoms with Gasteiger partial charge in [0, 0.05) is 31.7 Å². The van der Waals surface area contributed by atoms with Crippen molar-refractivity contribution in [3.05, 3.63) is 54.1 Å². The molecule has 0 aliphatic carbocycles. The number of piperazine rings is 1. The Morgan fingerprint density at radius 1 is 0.966 bits per heavy atom. The normalized spacial score (nSPS) is 18.3. The van der Waals surface area contributed by atoms with Crippen molar-refractivity contribution in [2.24, 2.45) is 0 Å². The van der Waals surface area contributed by atoms with Gasteiger partial charge in [0.25, 0.3) is 11.8 Å². The first-order chi connectivity index (χ1) is 14.2. The lowest BCUT2D eigenvalue weighted by molar-refractivity contribution is -0.142. The molecule has 2 aromatic rings. The lowest BCUT2D eigenvalue weighted by Crippen LogP contribution is -2.55. The van der Waals surface area contributed by atoms with E-state index in [-0.39, 0.29) is 18.4 Å². The van der Waals surface area contributed by atoms with Crippen LogP contribution < -0.4 is 14.2 Å². The van der Waals surface area contributed by atoms with Crippen molar-refractivity contribution in [2.45, 2.75) is 13.0 Å². The van der Waals surface area contributed by atoms with Gasteiger partial charge >= 0.3 is 0 Å². The minimum absolute atomic E-state index is 0.0358. The van der Waals surface area contributed by atoms with Crippen molar-refractivity contribution >= 4 is 11.8 Å². The van der Waals surface area contributed by atoms with Crippen molar-refractivity contribution in [2.75, 3.05) is 39.4 Å². The van der Waals surface area contributed by atoms with E-state index in [9.17, 15) is 9.59 Å². The van der Waals surface area contributed by atoms with Crippen LogP contribution in [0, 0.1) is 0 Å². The summed E-state index contributed by atoms with van der Waals surface area (Å²) in [7, 11) is 0. The third kappa shape index (κ3) is 4.13. The highest BCUT2D eigenvalue weighted by molar-refractivity contribution is 5.94. The first kappa shape index (κ1) is 19.1. The van der Waals surface area contributed by atoms with E-state index < -0.39 is 6.10 Å². The van der Waals surface area contributed by atoms with E-state index in [0.29, 0.717) is 49.8 Å². The largest absolute Gasteiger partial charge is 0.494 e. The van der Waals surface area contributed by atoms with Crippen molar-refractivity contribution in [3.63, 3.8) is 0 Å². The highest BCUT2D eigenvalue weighted by Crippen LogP contribution is 2.31. The van der Waals surface area contributed by atoms with Gasteiger partial charge in [-0.3, -0.25) is 9.59 Å². The molecular weight excluding hydrogens is 372 g/mol. The van der Waals surface area contributed by atoms with Gasteiger partial charge in [-0.05, 0) is 43.3 Å². The van der Waals surface area contributed by atoms with Crippen LogP contribution in [0.25, 0.3) is 0 Å². The molecular formula is C22H24N2O5. The molecule has 7 heteroatoms. The summed E-state index contributed by atoms with van der Waals surface area (Å²) < 4.78 is 16.9. The number of fused-ring (bicyclic) bond motifs is 1. The van der Waals surface area contributed by atoms with Crippen molar-refractivity contribution in [1.82, 2.24) is 9.80 Å². The van der Waals surface area contributed by atoms with E-state index in [1.807, 2.05) is 25.1 Å². The van der Waals surface area contributed by atoms with Gasteiger partial charge in [0.15, 0.2) is 11.5 Å². The molecule has 0 spiro atoms. The lowest BCUT2D eigenvalue weighted by Gasteiger charge is -2.37. The summed E-state index contributed by atoms with van der Waals surface area (Å²) in [6, 6.07) is 14.5. The molecule has 2 amide bonds. The Morgan fingerprint density at radius 2 is 1.62 bits per heavy atom. The quantitative estimate of drug-likeness (QED) is 0.793. The number of rotatable bonds is 4. The molecule has 7 nitrogen and oxygen atoms in total. The van der Waals surface area contributed by atoms with Gasteiger partial charge in [-0.15, -0.1) is 0 Å². The van der Waals surface area contributed by atoms with Gasteiger partial charge < -0.3 is 24.0 Å². The SMILES string of the molecule is CCOc1ccc(C(=O)N2CCN(C(=O)[C@H]3COc4ccccc4O3)CC2)cc1. The van der Waals surface area contributed by atoms with Crippen LogP contribution in [0.1, 0.15) is 17.3 Å². The van der Waals surface area contributed by atoms with Crippen LogP contribution in [0.5, 0.6) is 17.2 Å². The first-order valence-corrected chi connectivity index (χ1v) is 9.85. The molecule has 0 unspecified atom stereocenters. The molecule has 0 saturated carbocycles. The molecule has 1 atom stereocenters. The molecule has 1 saturated heterocycles. The fraction of sp³-hybridized carbons (Fsp3) is 0.364. The Balaban J connectivity index is 1.32. The average molecular weight is 396 g/mol. The number of para-hydroxylation sites is 2. The molecule has 0 aromatic heterocycles. The second kappa shape index (κ2) is 8.43. The van der Waals surface area contributed by atoms with Gasteiger partial charge in [-0.2, -0.15) is 0 Å². The van der Waals surface area contributed by atoms with Crippen LogP contribution in [-0.4, -0.2) is 67.1 Å².